The second-order valence-corrected chi connectivity index (χ2v) is 5.29. The minimum absolute atomic E-state index is 0.00276. The average molecular weight is 267 g/mol. The fourth-order valence-electron chi connectivity index (χ4n) is 1.68. The van der Waals surface area contributed by atoms with Gasteiger partial charge >= 0.3 is 0 Å². The number of nitrogens with two attached hydrogens (primary N) is 1. The third-order valence-electron chi connectivity index (χ3n) is 3.15. The van der Waals surface area contributed by atoms with E-state index in [0.717, 1.165) is 18.7 Å². The Kier molecular flexibility index (Phi) is 6.59. The molecule has 1 heterocycles. The third kappa shape index (κ3) is 6.40. The molecular formula is C14H25N3O2. The van der Waals surface area contributed by atoms with Crippen LogP contribution in [0.5, 0.6) is 0 Å². The molecule has 1 unspecified atom stereocenters. The zero-order valence-electron chi connectivity index (χ0n) is 12.1. The van der Waals surface area contributed by atoms with Gasteiger partial charge in [-0.25, -0.2) is 0 Å². The van der Waals surface area contributed by atoms with Gasteiger partial charge in [0.25, 0.3) is 0 Å². The number of furan rings is 1. The highest BCUT2D eigenvalue weighted by molar-refractivity contribution is 5.77. The van der Waals surface area contributed by atoms with E-state index in [1.807, 2.05) is 18.0 Å². The van der Waals surface area contributed by atoms with Crippen LogP contribution in [0.2, 0.25) is 0 Å². The maximum Gasteiger partial charge on any atom is 0.234 e. The van der Waals surface area contributed by atoms with Gasteiger partial charge in [0.2, 0.25) is 5.91 Å². The molecule has 1 amide bonds. The maximum absolute atomic E-state index is 11.7. The Morgan fingerprint density at radius 1 is 1.53 bits per heavy atom. The molecule has 1 rings (SSSR count). The van der Waals surface area contributed by atoms with Gasteiger partial charge in [-0.2, -0.15) is 0 Å². The molecule has 0 spiro atoms. The predicted molar refractivity (Wildman–Crippen MR) is 75.5 cm³/mol. The highest BCUT2D eigenvalue weighted by atomic mass is 16.3. The molecule has 3 N–H and O–H groups in total. The molecule has 1 atom stereocenters. The first-order chi connectivity index (χ1) is 8.99. The van der Waals surface area contributed by atoms with Gasteiger partial charge in [0.15, 0.2) is 0 Å². The Bertz CT molecular complexity index is 363. The van der Waals surface area contributed by atoms with E-state index in [1.54, 1.807) is 12.3 Å². The number of nitrogens with zero attached hydrogens (tertiary/aromatic N) is 1. The maximum atomic E-state index is 11.7. The van der Waals surface area contributed by atoms with Crippen LogP contribution in [0.1, 0.15) is 26.0 Å². The summed E-state index contributed by atoms with van der Waals surface area (Å²) in [5.41, 5.74) is 5.98. The van der Waals surface area contributed by atoms with Gasteiger partial charge in [0.1, 0.15) is 5.76 Å². The molecule has 19 heavy (non-hydrogen) atoms. The van der Waals surface area contributed by atoms with Gasteiger partial charge in [-0.3, -0.25) is 9.69 Å². The minimum Gasteiger partial charge on any atom is -0.467 e. The summed E-state index contributed by atoms with van der Waals surface area (Å²) in [5, 5.41) is 2.82. The molecule has 5 heteroatoms. The first kappa shape index (κ1) is 15.7. The molecule has 0 saturated heterocycles. The molecule has 0 bridgehead atoms. The molecule has 108 valence electrons. The fraction of sp³-hybridized carbons (Fsp3) is 0.643. The quantitative estimate of drug-likeness (QED) is 0.742. The first-order valence-corrected chi connectivity index (χ1v) is 6.72. The Labute approximate surface area is 115 Å². The van der Waals surface area contributed by atoms with Crippen LogP contribution in [0.3, 0.4) is 0 Å². The lowest BCUT2D eigenvalue weighted by atomic mass is 10.0. The van der Waals surface area contributed by atoms with Crippen LogP contribution < -0.4 is 11.1 Å². The molecule has 0 aromatic carbocycles. The second-order valence-electron chi connectivity index (χ2n) is 5.29. The van der Waals surface area contributed by atoms with Crippen molar-refractivity contribution in [2.45, 2.75) is 32.9 Å². The summed E-state index contributed by atoms with van der Waals surface area (Å²) >= 11 is 0. The molecule has 1 aromatic rings. The normalized spacial score (nSPS) is 12.9. The van der Waals surface area contributed by atoms with Crippen molar-refractivity contribution in [1.82, 2.24) is 10.2 Å². The van der Waals surface area contributed by atoms with Gasteiger partial charge in [-0.15, -0.1) is 0 Å². The number of hydrogen-bond acceptors (Lipinski definition) is 4. The lowest BCUT2D eigenvalue weighted by Gasteiger charge is -2.20. The van der Waals surface area contributed by atoms with Gasteiger partial charge in [-0.1, -0.05) is 13.8 Å². The molecule has 0 fully saturated rings. The fourth-order valence-corrected chi connectivity index (χ4v) is 1.68. The van der Waals surface area contributed by atoms with Crippen LogP contribution in [0.25, 0.3) is 0 Å². The van der Waals surface area contributed by atoms with Crippen LogP contribution in [0.4, 0.5) is 0 Å². The molecule has 0 radical (unpaired) electrons. The number of amides is 1. The molecule has 5 nitrogen and oxygen atoms in total. The van der Waals surface area contributed by atoms with E-state index >= 15 is 0 Å². The van der Waals surface area contributed by atoms with E-state index in [4.69, 9.17) is 10.2 Å². The van der Waals surface area contributed by atoms with Crippen molar-refractivity contribution in [1.29, 1.82) is 0 Å². The van der Waals surface area contributed by atoms with E-state index in [1.165, 1.54) is 0 Å². The van der Waals surface area contributed by atoms with Crippen molar-refractivity contribution in [3.63, 3.8) is 0 Å². The zero-order valence-corrected chi connectivity index (χ0v) is 12.1. The van der Waals surface area contributed by atoms with Gasteiger partial charge in [0, 0.05) is 6.04 Å². The summed E-state index contributed by atoms with van der Waals surface area (Å²) in [6, 6.07) is 3.83. The van der Waals surface area contributed by atoms with Crippen molar-refractivity contribution < 1.29 is 9.21 Å². The molecule has 0 aliphatic carbocycles. The van der Waals surface area contributed by atoms with Crippen molar-refractivity contribution in [3.8, 4) is 0 Å². The Hall–Kier alpha value is -1.33. The monoisotopic (exact) mass is 267 g/mol. The van der Waals surface area contributed by atoms with Crippen molar-refractivity contribution in [2.24, 2.45) is 11.7 Å². The minimum atomic E-state index is -0.00276. The van der Waals surface area contributed by atoms with Crippen LogP contribution in [-0.4, -0.2) is 37.0 Å². The Balaban J connectivity index is 2.17. The van der Waals surface area contributed by atoms with Crippen molar-refractivity contribution >= 4 is 5.91 Å². The van der Waals surface area contributed by atoms with Crippen molar-refractivity contribution in [3.05, 3.63) is 24.2 Å². The van der Waals surface area contributed by atoms with Gasteiger partial charge in [0.05, 0.1) is 19.4 Å². The number of hydrogen-bond donors (Lipinski definition) is 2. The summed E-state index contributed by atoms with van der Waals surface area (Å²) in [5.74, 6) is 1.23. The lowest BCUT2D eigenvalue weighted by molar-refractivity contribution is -0.122. The second kappa shape index (κ2) is 7.96. The summed E-state index contributed by atoms with van der Waals surface area (Å²) in [6.45, 7) is 5.87. The Morgan fingerprint density at radius 2 is 2.26 bits per heavy atom. The molecule has 1 aromatic heterocycles. The molecule has 0 aliphatic rings. The van der Waals surface area contributed by atoms with Crippen LogP contribution in [-0.2, 0) is 11.3 Å². The van der Waals surface area contributed by atoms with E-state index in [2.05, 4.69) is 19.2 Å². The highest BCUT2D eigenvalue weighted by Crippen LogP contribution is 2.03. The first-order valence-electron chi connectivity index (χ1n) is 6.72. The van der Waals surface area contributed by atoms with Crippen LogP contribution in [0.15, 0.2) is 22.8 Å². The number of rotatable bonds is 8. The molecule has 0 aliphatic heterocycles. The van der Waals surface area contributed by atoms with Crippen LogP contribution in [0, 0.1) is 5.92 Å². The standard InChI is InChI=1S/C14H25N3O2/c1-11(2)13(15)6-7-17(3)10-14(18)16-9-12-5-4-8-19-12/h4-5,8,11,13H,6-7,9-10,15H2,1-3H3,(H,16,18). The van der Waals surface area contributed by atoms with E-state index < -0.39 is 0 Å². The average Bonchev–Trinajstić information content (AvgIpc) is 2.86. The van der Waals surface area contributed by atoms with Gasteiger partial charge in [-0.05, 0) is 38.1 Å². The number of nitrogens with one attached hydrogen (secondary N) is 1. The number of likely N-dealkylation sites (N-methyl/N-ethyl adjacent to an activating group) is 1. The smallest absolute Gasteiger partial charge is 0.234 e. The molecule has 0 saturated carbocycles. The predicted octanol–water partition coefficient (Wildman–Crippen LogP) is 1.20. The summed E-state index contributed by atoms with van der Waals surface area (Å²) < 4.78 is 5.15. The van der Waals surface area contributed by atoms with Crippen molar-refractivity contribution in [2.75, 3.05) is 20.1 Å². The van der Waals surface area contributed by atoms with E-state index in [9.17, 15) is 4.79 Å². The Morgan fingerprint density at radius 3 is 2.84 bits per heavy atom. The largest absolute Gasteiger partial charge is 0.467 e. The number of carbonyl (C=O) groups excluding carboxylic acids is 1. The topological polar surface area (TPSA) is 71.5 Å². The van der Waals surface area contributed by atoms with E-state index in [0.29, 0.717) is 19.0 Å². The summed E-state index contributed by atoms with van der Waals surface area (Å²) in [6.07, 6.45) is 2.50. The summed E-state index contributed by atoms with van der Waals surface area (Å²) in [7, 11) is 1.93. The van der Waals surface area contributed by atoms with Gasteiger partial charge < -0.3 is 15.5 Å². The number of carbonyl (C=O) groups is 1. The molecular weight excluding hydrogens is 242 g/mol. The lowest BCUT2D eigenvalue weighted by Crippen LogP contribution is -2.37. The van der Waals surface area contributed by atoms with Crippen LogP contribution >= 0.6 is 0 Å². The third-order valence-corrected chi connectivity index (χ3v) is 3.15. The zero-order chi connectivity index (χ0) is 14.3. The highest BCUT2D eigenvalue weighted by Gasteiger charge is 2.11. The summed E-state index contributed by atoms with van der Waals surface area (Å²) in [4.78, 5) is 13.7. The van der Waals surface area contributed by atoms with E-state index in [-0.39, 0.29) is 11.9 Å². The SMILES string of the molecule is CC(C)C(N)CCN(C)CC(=O)NCc1ccco1.